The van der Waals surface area contributed by atoms with E-state index in [1.165, 1.54) is 23.5 Å². The largest absolute Gasteiger partial charge is 0.495 e. The highest BCUT2D eigenvalue weighted by molar-refractivity contribution is 7.92. The van der Waals surface area contributed by atoms with E-state index in [0.29, 0.717) is 0 Å². The molecule has 2 aromatic rings. The van der Waals surface area contributed by atoms with Gasteiger partial charge in [0.2, 0.25) is 10.0 Å². The second-order valence-electron chi connectivity index (χ2n) is 5.93. The summed E-state index contributed by atoms with van der Waals surface area (Å²) < 4.78 is 59.6. The van der Waals surface area contributed by atoms with Crippen molar-refractivity contribution in [3.63, 3.8) is 0 Å². The molecule has 164 valence electrons. The molecule has 0 amide bonds. The van der Waals surface area contributed by atoms with E-state index in [1.807, 2.05) is 0 Å². The Morgan fingerprint density at radius 2 is 1.70 bits per heavy atom. The van der Waals surface area contributed by atoms with E-state index in [2.05, 4.69) is 4.72 Å². The zero-order valence-electron chi connectivity index (χ0n) is 16.3. The van der Waals surface area contributed by atoms with Crippen LogP contribution in [0, 0.1) is 10.1 Å². The summed E-state index contributed by atoms with van der Waals surface area (Å²) in [6, 6.07) is 6.72. The fraction of sp³-hybridized carbons (Fsp3) is 0.294. The number of hydrogen-bond donors (Lipinski definition) is 1. The predicted octanol–water partition coefficient (Wildman–Crippen LogP) is 3.09. The number of ether oxygens (including phenoxy) is 1. The molecule has 0 heterocycles. The fourth-order valence-electron chi connectivity index (χ4n) is 2.67. The van der Waals surface area contributed by atoms with Gasteiger partial charge in [-0.1, -0.05) is 25.4 Å². The van der Waals surface area contributed by atoms with Crippen LogP contribution in [0.3, 0.4) is 0 Å². The number of benzene rings is 2. The highest BCUT2D eigenvalue weighted by atomic mass is 35.5. The van der Waals surface area contributed by atoms with E-state index < -0.39 is 25.0 Å². The highest BCUT2D eigenvalue weighted by Crippen LogP contribution is 2.32. The molecular weight excluding hydrogens is 458 g/mol. The second-order valence-corrected chi connectivity index (χ2v) is 9.90. The molecule has 13 heteroatoms. The van der Waals surface area contributed by atoms with Crippen LogP contribution in [0.15, 0.2) is 46.2 Å². The van der Waals surface area contributed by atoms with Gasteiger partial charge in [0.25, 0.3) is 15.7 Å². The van der Waals surface area contributed by atoms with Crippen LogP contribution in [0.4, 0.5) is 11.4 Å². The van der Waals surface area contributed by atoms with Crippen molar-refractivity contribution in [3.8, 4) is 5.75 Å². The molecule has 2 aromatic carbocycles. The number of nitro groups is 1. The van der Waals surface area contributed by atoms with E-state index in [1.54, 1.807) is 13.8 Å². The van der Waals surface area contributed by atoms with Gasteiger partial charge in [-0.05, 0) is 24.3 Å². The Bertz CT molecular complexity index is 1160. The summed E-state index contributed by atoms with van der Waals surface area (Å²) in [4.78, 5) is 9.62. The van der Waals surface area contributed by atoms with Crippen LogP contribution in [-0.4, -0.2) is 46.3 Å². The van der Waals surface area contributed by atoms with Crippen LogP contribution in [0.2, 0.25) is 5.02 Å². The molecule has 0 aromatic heterocycles. The Morgan fingerprint density at radius 1 is 1.07 bits per heavy atom. The normalized spacial score (nSPS) is 12.0. The van der Waals surface area contributed by atoms with E-state index >= 15 is 0 Å². The van der Waals surface area contributed by atoms with Gasteiger partial charge in [0.15, 0.2) is 0 Å². The van der Waals surface area contributed by atoms with Crippen molar-refractivity contribution >= 4 is 43.0 Å². The van der Waals surface area contributed by atoms with E-state index in [9.17, 15) is 26.9 Å². The van der Waals surface area contributed by atoms with E-state index in [4.69, 9.17) is 16.3 Å². The van der Waals surface area contributed by atoms with Crippen molar-refractivity contribution in [2.45, 2.75) is 23.6 Å². The molecule has 0 bridgehead atoms. The molecule has 0 unspecified atom stereocenters. The summed E-state index contributed by atoms with van der Waals surface area (Å²) in [5.41, 5.74) is -0.393. The van der Waals surface area contributed by atoms with Crippen LogP contribution in [0.25, 0.3) is 0 Å². The number of non-ortho nitro benzene ring substituents is 1. The van der Waals surface area contributed by atoms with Gasteiger partial charge in [-0.2, -0.15) is 4.31 Å². The van der Waals surface area contributed by atoms with Crippen molar-refractivity contribution in [1.29, 1.82) is 0 Å². The summed E-state index contributed by atoms with van der Waals surface area (Å²) in [5, 5.41) is 10.8. The van der Waals surface area contributed by atoms with Gasteiger partial charge in [-0.3, -0.25) is 14.8 Å². The van der Waals surface area contributed by atoms with Crippen molar-refractivity contribution in [1.82, 2.24) is 4.31 Å². The number of halogens is 1. The van der Waals surface area contributed by atoms with E-state index in [-0.39, 0.29) is 45.0 Å². The summed E-state index contributed by atoms with van der Waals surface area (Å²) >= 11 is 6.05. The van der Waals surface area contributed by atoms with Gasteiger partial charge in [0.05, 0.1) is 28.8 Å². The number of nitro benzene ring substituents is 1. The number of nitrogens with zero attached hydrogens (tertiary/aromatic N) is 2. The molecule has 0 aliphatic heterocycles. The molecule has 0 atom stereocenters. The third-order valence-electron chi connectivity index (χ3n) is 4.15. The maximum Gasteiger partial charge on any atom is 0.273 e. The molecule has 0 spiro atoms. The first kappa shape index (κ1) is 23.9. The zero-order chi connectivity index (χ0) is 22.7. The number of sulfonamides is 2. The molecule has 0 aliphatic rings. The quantitative estimate of drug-likeness (QED) is 0.432. The van der Waals surface area contributed by atoms with Crippen LogP contribution in [0.5, 0.6) is 5.75 Å². The number of hydrogen-bond acceptors (Lipinski definition) is 7. The number of nitrogens with one attached hydrogen (secondary N) is 1. The van der Waals surface area contributed by atoms with E-state index in [0.717, 1.165) is 24.3 Å². The van der Waals surface area contributed by atoms with Crippen molar-refractivity contribution in [2.24, 2.45) is 0 Å². The predicted molar refractivity (Wildman–Crippen MR) is 112 cm³/mol. The lowest BCUT2D eigenvalue weighted by atomic mass is 10.3. The van der Waals surface area contributed by atoms with Crippen LogP contribution in [0.1, 0.15) is 13.8 Å². The number of anilines is 1. The van der Waals surface area contributed by atoms with Crippen molar-refractivity contribution in [2.75, 3.05) is 24.9 Å². The summed E-state index contributed by atoms with van der Waals surface area (Å²) in [6.45, 7) is 3.76. The van der Waals surface area contributed by atoms with Crippen LogP contribution in [-0.2, 0) is 20.0 Å². The Balaban J connectivity index is 2.49. The van der Waals surface area contributed by atoms with Crippen molar-refractivity contribution < 1.29 is 26.5 Å². The fourth-order valence-corrected chi connectivity index (χ4v) is 5.83. The first-order chi connectivity index (χ1) is 14.0. The number of rotatable bonds is 9. The lowest BCUT2D eigenvalue weighted by Crippen LogP contribution is -2.30. The average molecular weight is 478 g/mol. The third kappa shape index (κ3) is 4.83. The maximum absolute atomic E-state index is 12.8. The summed E-state index contributed by atoms with van der Waals surface area (Å²) in [5.74, 6) is -0.235. The molecule has 10 nitrogen and oxygen atoms in total. The van der Waals surface area contributed by atoms with Gasteiger partial charge in [0.1, 0.15) is 15.5 Å². The topological polar surface area (TPSA) is 136 Å². The van der Waals surface area contributed by atoms with Gasteiger partial charge in [-0.15, -0.1) is 0 Å². The third-order valence-corrected chi connectivity index (χ3v) is 8.11. The first-order valence-electron chi connectivity index (χ1n) is 8.62. The van der Waals surface area contributed by atoms with Gasteiger partial charge >= 0.3 is 0 Å². The lowest BCUT2D eigenvalue weighted by Gasteiger charge is -2.20. The second kappa shape index (κ2) is 9.16. The van der Waals surface area contributed by atoms with Gasteiger partial charge in [0, 0.05) is 19.2 Å². The minimum Gasteiger partial charge on any atom is -0.495 e. The molecule has 0 fully saturated rings. The highest BCUT2D eigenvalue weighted by Gasteiger charge is 2.27. The molecule has 2 rings (SSSR count). The van der Waals surface area contributed by atoms with Gasteiger partial charge in [-0.25, -0.2) is 16.8 Å². The monoisotopic (exact) mass is 477 g/mol. The Kier molecular flexibility index (Phi) is 7.29. The molecule has 30 heavy (non-hydrogen) atoms. The lowest BCUT2D eigenvalue weighted by molar-refractivity contribution is -0.385. The molecule has 0 saturated carbocycles. The Labute approximate surface area is 179 Å². The molecular formula is C17H20ClN3O7S2. The Hall–Kier alpha value is -2.41. The minimum atomic E-state index is -4.25. The number of methoxy groups -OCH3 is 1. The molecule has 1 N–H and O–H groups in total. The van der Waals surface area contributed by atoms with Gasteiger partial charge < -0.3 is 4.74 Å². The zero-order valence-corrected chi connectivity index (χ0v) is 18.7. The molecule has 0 saturated heterocycles. The summed E-state index contributed by atoms with van der Waals surface area (Å²) in [6.07, 6.45) is 0. The van der Waals surface area contributed by atoms with Crippen LogP contribution < -0.4 is 9.46 Å². The van der Waals surface area contributed by atoms with Crippen molar-refractivity contribution in [3.05, 3.63) is 51.5 Å². The maximum atomic E-state index is 12.8. The molecule has 0 radical (unpaired) electrons. The Morgan fingerprint density at radius 3 is 2.23 bits per heavy atom. The average Bonchev–Trinajstić information content (AvgIpc) is 2.69. The summed E-state index contributed by atoms with van der Waals surface area (Å²) in [7, 11) is -7.01. The first-order valence-corrected chi connectivity index (χ1v) is 11.9. The SMILES string of the molecule is CCN(CC)S(=O)(=O)c1cc(NS(=O)(=O)c2ccc([N+](=O)[O-])cc2OC)ccc1Cl. The minimum absolute atomic E-state index is 0.0504. The molecule has 0 aliphatic carbocycles. The van der Waals surface area contributed by atoms with Crippen LogP contribution >= 0.6 is 11.6 Å². The smallest absolute Gasteiger partial charge is 0.273 e. The standard InChI is InChI=1S/C17H20ClN3O7S2/c1-4-20(5-2)30(26,27)17-10-12(6-8-14(17)18)19-29(24,25)16-9-7-13(21(22)23)11-15(16)28-3/h6-11,19H,4-5H2,1-3H3.